The van der Waals surface area contributed by atoms with Crippen LogP contribution >= 0.6 is 0 Å². The molecule has 3 aliphatic heterocycles. The molecule has 2 aromatic rings. The molecule has 0 bridgehead atoms. The smallest absolute Gasteiger partial charge is 0.161 e. The normalized spacial score (nSPS) is 25.2. The summed E-state index contributed by atoms with van der Waals surface area (Å²) in [6.45, 7) is 8.20. The second-order valence-corrected chi connectivity index (χ2v) is 8.36. The van der Waals surface area contributed by atoms with Crippen LogP contribution in [-0.2, 0) is 17.8 Å². The van der Waals surface area contributed by atoms with Crippen LogP contribution in [0, 0.1) is 5.92 Å². The zero-order chi connectivity index (χ0) is 19.5. The van der Waals surface area contributed by atoms with Crippen LogP contribution in [0.3, 0.4) is 0 Å². The summed E-state index contributed by atoms with van der Waals surface area (Å²) in [7, 11) is 0. The maximum Gasteiger partial charge on any atom is 0.161 e. The molecule has 3 heterocycles. The first-order valence-electron chi connectivity index (χ1n) is 10.8. The van der Waals surface area contributed by atoms with Gasteiger partial charge in [-0.25, -0.2) is 0 Å². The molecule has 154 valence electrons. The van der Waals surface area contributed by atoms with E-state index in [0.717, 1.165) is 57.4 Å². The lowest BCUT2D eigenvalue weighted by Gasteiger charge is -2.42. The van der Waals surface area contributed by atoms with E-state index in [1.807, 2.05) is 6.07 Å². The topological polar surface area (TPSA) is 34.2 Å². The molecule has 0 unspecified atom stereocenters. The molecule has 0 N–H and O–H groups in total. The fourth-order valence-corrected chi connectivity index (χ4v) is 4.92. The molecule has 2 fully saturated rings. The first-order valence-corrected chi connectivity index (χ1v) is 10.8. The van der Waals surface area contributed by atoms with Crippen molar-refractivity contribution in [3.8, 4) is 11.5 Å². The van der Waals surface area contributed by atoms with Crippen LogP contribution in [0.25, 0.3) is 0 Å². The molecular formula is C24H30N2O3. The number of rotatable bonds is 4. The molecule has 0 saturated carbocycles. The minimum Gasteiger partial charge on any atom is -0.486 e. The van der Waals surface area contributed by atoms with Gasteiger partial charge in [0.25, 0.3) is 0 Å². The highest BCUT2D eigenvalue weighted by Crippen LogP contribution is 2.32. The Morgan fingerprint density at radius 1 is 0.828 bits per heavy atom. The Kier molecular flexibility index (Phi) is 5.70. The molecule has 5 rings (SSSR count). The van der Waals surface area contributed by atoms with E-state index in [1.54, 1.807) is 0 Å². The number of hydrogen-bond acceptors (Lipinski definition) is 5. The van der Waals surface area contributed by atoms with Crippen molar-refractivity contribution in [2.24, 2.45) is 5.92 Å². The van der Waals surface area contributed by atoms with Crippen molar-refractivity contribution in [3.63, 3.8) is 0 Å². The summed E-state index contributed by atoms with van der Waals surface area (Å²) in [4.78, 5) is 5.22. The second-order valence-electron chi connectivity index (χ2n) is 8.36. The van der Waals surface area contributed by atoms with Crippen LogP contribution in [0.1, 0.15) is 17.5 Å². The summed E-state index contributed by atoms with van der Waals surface area (Å²) in [5, 5.41) is 0. The summed E-state index contributed by atoms with van der Waals surface area (Å²) in [6, 6.07) is 17.8. The van der Waals surface area contributed by atoms with Gasteiger partial charge >= 0.3 is 0 Å². The van der Waals surface area contributed by atoms with Crippen molar-refractivity contribution in [1.29, 1.82) is 0 Å². The van der Waals surface area contributed by atoms with Crippen molar-refractivity contribution in [1.82, 2.24) is 9.80 Å². The Balaban J connectivity index is 1.24. The van der Waals surface area contributed by atoms with Crippen molar-refractivity contribution < 1.29 is 14.2 Å². The Labute approximate surface area is 173 Å². The first-order chi connectivity index (χ1) is 14.3. The molecule has 0 radical (unpaired) electrons. The van der Waals surface area contributed by atoms with Gasteiger partial charge in [-0.1, -0.05) is 36.4 Å². The molecular weight excluding hydrogens is 364 g/mol. The number of hydrogen-bond donors (Lipinski definition) is 0. The minimum absolute atomic E-state index is 0.562. The maximum absolute atomic E-state index is 6.00. The van der Waals surface area contributed by atoms with E-state index < -0.39 is 0 Å². The van der Waals surface area contributed by atoms with E-state index in [-0.39, 0.29) is 0 Å². The molecule has 2 aromatic carbocycles. The van der Waals surface area contributed by atoms with E-state index in [4.69, 9.17) is 14.2 Å². The molecule has 2 atom stereocenters. The van der Waals surface area contributed by atoms with Gasteiger partial charge in [0.05, 0.1) is 13.2 Å². The number of piperidine rings is 1. The lowest BCUT2D eigenvalue weighted by atomic mass is 9.91. The predicted octanol–water partition coefficient (Wildman–Crippen LogP) is 3.18. The average molecular weight is 395 g/mol. The first kappa shape index (κ1) is 18.9. The minimum atomic E-state index is 0.562. The number of likely N-dealkylation sites (tertiary alicyclic amines) is 1. The van der Waals surface area contributed by atoms with Crippen molar-refractivity contribution in [2.45, 2.75) is 25.6 Å². The molecule has 0 spiro atoms. The Hall–Kier alpha value is -2.08. The van der Waals surface area contributed by atoms with Gasteiger partial charge in [-0.05, 0) is 36.2 Å². The fourth-order valence-electron chi connectivity index (χ4n) is 4.92. The lowest BCUT2D eigenvalue weighted by Crippen LogP contribution is -2.50. The van der Waals surface area contributed by atoms with Gasteiger partial charge in [-0.2, -0.15) is 0 Å². The van der Waals surface area contributed by atoms with E-state index in [2.05, 4.69) is 52.3 Å². The van der Waals surface area contributed by atoms with E-state index in [0.29, 0.717) is 25.2 Å². The van der Waals surface area contributed by atoms with Crippen LogP contribution in [0.4, 0.5) is 0 Å². The summed E-state index contributed by atoms with van der Waals surface area (Å²) in [5.41, 5.74) is 2.69. The van der Waals surface area contributed by atoms with E-state index in [9.17, 15) is 0 Å². The average Bonchev–Trinajstić information content (AvgIpc) is 2.96. The third kappa shape index (κ3) is 4.42. The molecule has 5 heteroatoms. The third-order valence-electron chi connectivity index (χ3n) is 6.34. The van der Waals surface area contributed by atoms with Gasteiger partial charge < -0.3 is 14.2 Å². The zero-order valence-corrected chi connectivity index (χ0v) is 17.0. The molecule has 29 heavy (non-hydrogen) atoms. The Morgan fingerprint density at radius 3 is 2.59 bits per heavy atom. The fraction of sp³-hybridized carbons (Fsp3) is 0.500. The monoisotopic (exact) mass is 394 g/mol. The van der Waals surface area contributed by atoms with Gasteiger partial charge in [0.15, 0.2) is 11.5 Å². The van der Waals surface area contributed by atoms with Crippen LogP contribution < -0.4 is 9.47 Å². The highest BCUT2D eigenvalue weighted by Gasteiger charge is 2.35. The predicted molar refractivity (Wildman–Crippen MR) is 112 cm³/mol. The van der Waals surface area contributed by atoms with Crippen molar-refractivity contribution in [2.75, 3.05) is 46.1 Å². The Bertz CT molecular complexity index is 813. The van der Waals surface area contributed by atoms with Crippen molar-refractivity contribution in [3.05, 3.63) is 59.7 Å². The quantitative estimate of drug-likeness (QED) is 0.796. The molecule has 0 aromatic heterocycles. The van der Waals surface area contributed by atoms with Crippen molar-refractivity contribution >= 4 is 0 Å². The number of ether oxygens (including phenoxy) is 3. The molecule has 0 amide bonds. The Morgan fingerprint density at radius 2 is 1.69 bits per heavy atom. The zero-order valence-electron chi connectivity index (χ0n) is 17.0. The third-order valence-corrected chi connectivity index (χ3v) is 6.34. The molecule has 5 nitrogen and oxygen atoms in total. The van der Waals surface area contributed by atoms with Gasteiger partial charge in [0.2, 0.25) is 0 Å². The van der Waals surface area contributed by atoms with Gasteiger partial charge in [0, 0.05) is 38.1 Å². The summed E-state index contributed by atoms with van der Waals surface area (Å²) >= 11 is 0. The summed E-state index contributed by atoms with van der Waals surface area (Å²) in [6.07, 6.45) is 1.20. The van der Waals surface area contributed by atoms with Crippen LogP contribution in [-0.4, -0.2) is 61.9 Å². The van der Waals surface area contributed by atoms with E-state index >= 15 is 0 Å². The summed E-state index contributed by atoms with van der Waals surface area (Å²) < 4.78 is 17.4. The standard InChI is InChI=1S/C24H30N2O3/c1-2-4-19(5-3-1)16-26-10-11-27-18-21-17-25(9-8-22(21)26)15-20-6-7-23-24(14-20)29-13-12-28-23/h1-7,14,21-22H,8-13,15-18H2/t21-,22-/m1/s1. The maximum atomic E-state index is 6.00. The summed E-state index contributed by atoms with van der Waals surface area (Å²) in [5.74, 6) is 2.31. The number of fused-ring (bicyclic) bond motifs is 2. The lowest BCUT2D eigenvalue weighted by molar-refractivity contribution is 0.0439. The SMILES string of the molecule is c1ccc(CN2CCOC[C@H]3CN(Cc4ccc5c(c4)OCCO5)CC[C@H]32)cc1. The number of benzene rings is 2. The highest BCUT2D eigenvalue weighted by molar-refractivity contribution is 5.43. The van der Waals surface area contributed by atoms with Gasteiger partial charge in [0.1, 0.15) is 13.2 Å². The van der Waals surface area contributed by atoms with Crippen LogP contribution in [0.15, 0.2) is 48.5 Å². The van der Waals surface area contributed by atoms with Crippen LogP contribution in [0.2, 0.25) is 0 Å². The molecule has 2 saturated heterocycles. The second kappa shape index (κ2) is 8.74. The largest absolute Gasteiger partial charge is 0.486 e. The van der Waals surface area contributed by atoms with Gasteiger partial charge in [-0.15, -0.1) is 0 Å². The molecule has 3 aliphatic rings. The van der Waals surface area contributed by atoms with Gasteiger partial charge in [-0.3, -0.25) is 9.80 Å². The number of nitrogens with zero attached hydrogens (tertiary/aromatic N) is 2. The van der Waals surface area contributed by atoms with E-state index in [1.165, 1.54) is 17.5 Å². The highest BCUT2D eigenvalue weighted by atomic mass is 16.6. The molecule has 0 aliphatic carbocycles. The van der Waals surface area contributed by atoms with Crippen LogP contribution in [0.5, 0.6) is 11.5 Å².